The fraction of sp³-hybridized carbons (Fsp3) is 1.00. The molecule has 0 amide bonds. The number of nitrogens with one attached hydrogen (secondary N) is 4. The summed E-state index contributed by atoms with van der Waals surface area (Å²) in [6, 6.07) is 0. The molecule has 0 aliphatic carbocycles. The highest BCUT2D eigenvalue weighted by atomic mass is 15.6. The predicted molar refractivity (Wildman–Crippen MR) is 51.3 cm³/mol. The summed E-state index contributed by atoms with van der Waals surface area (Å²) in [5, 5.41) is 6.12. The lowest BCUT2D eigenvalue weighted by Crippen LogP contribution is -2.76. The highest BCUT2D eigenvalue weighted by molar-refractivity contribution is 6.72. The van der Waals surface area contributed by atoms with Gasteiger partial charge in [-0.1, -0.05) is 0 Å². The van der Waals surface area contributed by atoms with E-state index in [2.05, 4.69) is 21.2 Å². The second-order valence-electron chi connectivity index (χ2n) is 2.35. The molecule has 0 spiro atoms. The molecule has 6 nitrogen and oxygen atoms in total. The lowest BCUT2D eigenvalue weighted by molar-refractivity contribution is 0.415. The first-order valence-corrected chi connectivity index (χ1v) is 3.85. The topological polar surface area (TPSA) is 54.6 Å². The molecule has 0 aromatic heterocycles. The van der Waals surface area contributed by atoms with Crippen molar-refractivity contribution in [2.45, 2.75) is 0 Å². The Hall–Kier alpha value is -0.0452. The Morgan fingerprint density at radius 1 is 1.08 bits per heavy atom. The van der Waals surface area contributed by atoms with Crippen LogP contribution < -0.4 is 21.2 Å². The van der Waals surface area contributed by atoms with Crippen LogP contribution in [-0.4, -0.2) is 53.0 Å². The molecule has 2 radical (unpaired) electrons. The fourth-order valence-electron chi connectivity index (χ4n) is 1.12. The lowest BCUT2D eigenvalue weighted by Gasteiger charge is -2.38. The van der Waals surface area contributed by atoms with E-state index < -0.39 is 0 Å². The van der Waals surface area contributed by atoms with Crippen molar-refractivity contribution in [3.63, 3.8) is 0 Å². The van der Waals surface area contributed by atoms with Crippen molar-refractivity contribution in [2.75, 3.05) is 21.1 Å². The molecule has 1 aliphatic rings. The van der Waals surface area contributed by atoms with E-state index in [-0.39, 0.29) is 7.12 Å². The van der Waals surface area contributed by atoms with Crippen molar-refractivity contribution < 1.29 is 0 Å². The molecule has 9 heteroatoms. The number of rotatable bonds is 3. The Labute approximate surface area is 75.1 Å². The summed E-state index contributed by atoms with van der Waals surface area (Å²) in [6.07, 6.45) is 0. The van der Waals surface area contributed by atoms with Crippen LogP contribution in [0.4, 0.5) is 0 Å². The minimum absolute atomic E-state index is 0.0706. The molecule has 1 rings (SSSR count). The van der Waals surface area contributed by atoms with E-state index in [1.54, 1.807) is 0 Å². The molecule has 1 aliphatic heterocycles. The van der Waals surface area contributed by atoms with Crippen LogP contribution in [0.1, 0.15) is 0 Å². The highest BCUT2D eigenvalue weighted by Crippen LogP contribution is 1.91. The lowest BCUT2D eigenvalue weighted by atomic mass is 9.72. The average Bonchev–Trinajstić information content (AvgIpc) is 2.16. The van der Waals surface area contributed by atoms with Gasteiger partial charge in [-0.15, -0.1) is 0 Å². The van der Waals surface area contributed by atoms with Gasteiger partial charge >= 0.3 is 22.2 Å². The van der Waals surface area contributed by atoms with E-state index in [4.69, 9.17) is 0 Å². The average molecular weight is 166 g/mol. The van der Waals surface area contributed by atoms with Crippen LogP contribution in [-0.2, 0) is 0 Å². The van der Waals surface area contributed by atoms with E-state index in [1.165, 1.54) is 0 Å². The maximum atomic E-state index is 3.13. The van der Waals surface area contributed by atoms with Crippen LogP contribution in [0.25, 0.3) is 0 Å². The third-order valence-electron chi connectivity index (χ3n) is 1.73. The van der Waals surface area contributed by atoms with Crippen LogP contribution in [0.15, 0.2) is 0 Å². The molecule has 1 fully saturated rings. The van der Waals surface area contributed by atoms with Gasteiger partial charge in [-0.3, -0.25) is 20.5 Å². The van der Waals surface area contributed by atoms with Gasteiger partial charge in [0.05, 0.1) is 0 Å². The van der Waals surface area contributed by atoms with Gasteiger partial charge in [0, 0.05) is 0 Å². The number of hydrazine groups is 2. The molecule has 64 valence electrons. The number of hydrogen-bond donors (Lipinski definition) is 4. The molecular weight excluding hydrogens is 153 g/mol. The SMILES string of the molecule is CNB1N(NC)[B]N[B]N1NC. The highest BCUT2D eigenvalue weighted by Gasteiger charge is 2.33. The molecule has 0 bridgehead atoms. The largest absolute Gasteiger partial charge is 0.407 e. The molecule has 1 saturated heterocycles. The van der Waals surface area contributed by atoms with Crippen molar-refractivity contribution in [1.29, 1.82) is 0 Å². The summed E-state index contributed by atoms with van der Waals surface area (Å²) < 4.78 is 0. The quantitative estimate of drug-likeness (QED) is 0.330. The van der Waals surface area contributed by atoms with Gasteiger partial charge in [-0.2, -0.15) is 0 Å². The van der Waals surface area contributed by atoms with Crippen LogP contribution in [0.5, 0.6) is 0 Å². The summed E-state index contributed by atoms with van der Waals surface area (Å²) in [6.45, 7) is 0. The molecule has 1 heterocycles. The van der Waals surface area contributed by atoms with Crippen LogP contribution in [0.3, 0.4) is 0 Å². The van der Waals surface area contributed by atoms with E-state index in [9.17, 15) is 0 Å². The summed E-state index contributed by atoms with van der Waals surface area (Å²) in [5.74, 6) is 0. The van der Waals surface area contributed by atoms with Gasteiger partial charge in [0.2, 0.25) is 0 Å². The molecule has 0 unspecified atom stereocenters. The zero-order valence-electron chi connectivity index (χ0n) is 7.63. The zero-order chi connectivity index (χ0) is 8.97. The van der Waals surface area contributed by atoms with Crippen molar-refractivity contribution in [3.8, 4) is 0 Å². The summed E-state index contributed by atoms with van der Waals surface area (Å²) in [4.78, 5) is 3.80. The minimum atomic E-state index is 0.0706. The second-order valence-corrected chi connectivity index (χ2v) is 2.35. The molecule has 0 atom stereocenters. The van der Waals surface area contributed by atoms with Crippen molar-refractivity contribution in [2.24, 2.45) is 0 Å². The van der Waals surface area contributed by atoms with Gasteiger partial charge in [0.1, 0.15) is 0 Å². The first-order valence-electron chi connectivity index (χ1n) is 3.85. The summed E-state index contributed by atoms with van der Waals surface area (Å²) >= 11 is 0. The Kier molecular flexibility index (Phi) is 4.06. The second kappa shape index (κ2) is 4.85. The normalized spacial score (nSPS) is 20.4. The third-order valence-corrected chi connectivity index (χ3v) is 1.73. The van der Waals surface area contributed by atoms with Crippen molar-refractivity contribution in [1.82, 2.24) is 30.9 Å². The van der Waals surface area contributed by atoms with Gasteiger partial charge in [0.25, 0.3) is 0 Å². The maximum Gasteiger partial charge on any atom is 0.407 e. The van der Waals surface area contributed by atoms with E-state index >= 15 is 0 Å². The molecular formula is C3H13B3N6. The van der Waals surface area contributed by atoms with E-state index in [0.717, 1.165) is 0 Å². The van der Waals surface area contributed by atoms with Crippen molar-refractivity contribution in [3.05, 3.63) is 0 Å². The maximum absolute atomic E-state index is 3.13. The molecule has 0 aromatic carbocycles. The van der Waals surface area contributed by atoms with E-state index in [1.807, 2.05) is 45.9 Å². The summed E-state index contributed by atoms with van der Waals surface area (Å²) in [5.41, 5.74) is 6.04. The number of nitrogens with zero attached hydrogens (tertiary/aromatic N) is 2. The molecule has 4 N–H and O–H groups in total. The third kappa shape index (κ3) is 2.00. The Bertz CT molecular complexity index is 123. The van der Waals surface area contributed by atoms with Crippen LogP contribution >= 0.6 is 0 Å². The standard InChI is InChI=1S/C3H13B3N6/c1-7-6-11(8-2)4-10-5-12(6)9-3/h7-10H,1-3H3. The van der Waals surface area contributed by atoms with Crippen LogP contribution in [0, 0.1) is 0 Å². The Morgan fingerprint density at radius 3 is 1.92 bits per heavy atom. The number of hydrogen-bond acceptors (Lipinski definition) is 6. The van der Waals surface area contributed by atoms with Crippen LogP contribution in [0.2, 0.25) is 0 Å². The molecule has 12 heavy (non-hydrogen) atoms. The molecule has 0 saturated carbocycles. The fourth-order valence-corrected chi connectivity index (χ4v) is 1.12. The first kappa shape index (κ1) is 10.0. The Balaban J connectivity index is 2.52. The first-order chi connectivity index (χ1) is 5.83. The molecule has 0 aromatic rings. The van der Waals surface area contributed by atoms with Gasteiger partial charge in [-0.25, -0.2) is 0 Å². The van der Waals surface area contributed by atoms with Crippen molar-refractivity contribution >= 4 is 22.2 Å². The van der Waals surface area contributed by atoms with Gasteiger partial charge in [0.15, 0.2) is 0 Å². The Morgan fingerprint density at radius 2 is 1.58 bits per heavy atom. The monoisotopic (exact) mass is 166 g/mol. The zero-order valence-corrected chi connectivity index (χ0v) is 7.63. The van der Waals surface area contributed by atoms with E-state index in [0.29, 0.717) is 0 Å². The smallest absolute Gasteiger partial charge is 0.377 e. The summed E-state index contributed by atoms with van der Waals surface area (Å²) in [7, 11) is 9.38. The van der Waals surface area contributed by atoms with Gasteiger partial charge in [-0.05, 0) is 21.1 Å². The minimum Gasteiger partial charge on any atom is -0.377 e. The van der Waals surface area contributed by atoms with Gasteiger partial charge < -0.3 is 10.4 Å². The predicted octanol–water partition coefficient (Wildman–Crippen LogP) is -3.26.